The Bertz CT molecular complexity index is 5460. The largest absolute Gasteiger partial charge is 0.459 e. The summed E-state index contributed by atoms with van der Waals surface area (Å²) in [6.07, 6.45) is 13.9. The molecule has 0 unspecified atom stereocenters. The molecule has 0 saturated heterocycles. The summed E-state index contributed by atoms with van der Waals surface area (Å²) in [5, 5.41) is 8.05. The van der Waals surface area contributed by atoms with Crippen molar-refractivity contribution < 1.29 is 50.4 Å². The number of fused-ring (bicyclic) bond motifs is 6. The molecule has 12 aromatic rings. The first-order valence-electron chi connectivity index (χ1n) is 36.2. The summed E-state index contributed by atoms with van der Waals surface area (Å²) in [7, 11) is 1.72. The molecule has 560 valence electrons. The Hall–Kier alpha value is -11.1. The van der Waals surface area contributed by atoms with Gasteiger partial charge in [0.25, 0.3) is 11.8 Å². The van der Waals surface area contributed by atoms with E-state index < -0.39 is 34.1 Å². The minimum Gasteiger partial charge on any atom is -0.459 e. The molecule has 0 atom stereocenters. The Kier molecular flexibility index (Phi) is 29.6. The molecule has 1 N–H and O–H groups in total. The third-order valence-electron chi connectivity index (χ3n) is 18.1. The zero-order chi connectivity index (χ0) is 77.6. The maximum Gasteiger partial charge on any atom is 0.351 e. The monoisotopic (exact) mass is 1470 g/mol. The van der Waals surface area contributed by atoms with Gasteiger partial charge >= 0.3 is 39.7 Å². The number of ketones is 1. The number of unbranched alkanes of at least 4 members (excludes halogenated alkanes) is 7. The Labute approximate surface area is 624 Å². The van der Waals surface area contributed by atoms with E-state index in [4.69, 9.17) is 42.8 Å². The van der Waals surface area contributed by atoms with E-state index in [1.165, 1.54) is 44.7 Å². The summed E-state index contributed by atoms with van der Waals surface area (Å²) < 4.78 is 36.4. The van der Waals surface area contributed by atoms with Crippen LogP contribution in [0.2, 0.25) is 5.02 Å². The first-order valence-corrected chi connectivity index (χ1v) is 36.6. The van der Waals surface area contributed by atoms with Crippen LogP contribution in [0.1, 0.15) is 192 Å². The van der Waals surface area contributed by atoms with Crippen LogP contribution in [0.15, 0.2) is 201 Å². The lowest BCUT2D eigenvalue weighted by molar-refractivity contribution is 0.0169. The quantitative estimate of drug-likeness (QED) is 0.0407. The van der Waals surface area contributed by atoms with Crippen LogP contribution < -0.4 is 39.1 Å². The number of Topliss-reactive ketones (excluding diaryl/α,β-unsaturated/α-hetero) is 1. The van der Waals surface area contributed by atoms with Crippen LogP contribution >= 0.6 is 11.6 Å². The lowest BCUT2D eigenvalue weighted by Crippen LogP contribution is -2.31. The number of hydrogen-bond donors (Lipinski definition) is 1. The lowest BCUT2D eigenvalue weighted by Gasteiger charge is -2.25. The highest BCUT2D eigenvalue weighted by molar-refractivity contribution is 6.35. The van der Waals surface area contributed by atoms with E-state index >= 15 is 0 Å². The molecule has 0 radical (unpaired) electrons. The van der Waals surface area contributed by atoms with Gasteiger partial charge in [-0.1, -0.05) is 144 Å². The van der Waals surface area contributed by atoms with Crippen molar-refractivity contribution in [1.82, 2.24) is 10.2 Å². The van der Waals surface area contributed by atoms with Crippen LogP contribution in [0.3, 0.4) is 0 Å². The Morgan fingerprint density at radius 3 is 1.32 bits per heavy atom. The molecule has 6 aromatic heterocycles. The number of carbonyl (C=O) groups is 4. The van der Waals surface area contributed by atoms with E-state index in [1.807, 2.05) is 127 Å². The fourth-order valence-electron chi connectivity index (χ4n) is 11.9. The van der Waals surface area contributed by atoms with Gasteiger partial charge in [-0.25, -0.2) is 33.6 Å². The Balaban J connectivity index is 0.000000164. The van der Waals surface area contributed by atoms with Gasteiger partial charge in [0.05, 0.1) is 5.02 Å². The average Bonchev–Trinajstić information content (AvgIpc) is 0.794. The van der Waals surface area contributed by atoms with Gasteiger partial charge in [-0.15, -0.1) is 0 Å². The molecule has 1 saturated carbocycles. The number of amides is 2. The van der Waals surface area contributed by atoms with Crippen LogP contribution in [0.5, 0.6) is 0 Å². The van der Waals surface area contributed by atoms with Gasteiger partial charge in [0, 0.05) is 64.6 Å². The van der Waals surface area contributed by atoms with Crippen molar-refractivity contribution in [2.24, 2.45) is 5.92 Å². The number of hydrogen-bond acceptors (Lipinski definition) is 17. The summed E-state index contributed by atoms with van der Waals surface area (Å²) in [5.41, 5.74) is 7.62. The minimum absolute atomic E-state index is 0.0185. The number of nitrogens with one attached hydrogen (secondary N) is 1. The van der Waals surface area contributed by atoms with Gasteiger partial charge in [-0.05, 0) is 206 Å². The summed E-state index contributed by atoms with van der Waals surface area (Å²) in [5.74, 6) is -0.789. The molecule has 1 fully saturated rings. The number of rotatable bonds is 16. The molecule has 0 aliphatic heterocycles. The second kappa shape index (κ2) is 38.8. The molecule has 0 bridgehead atoms. The van der Waals surface area contributed by atoms with Crippen molar-refractivity contribution in [3.05, 3.63) is 274 Å². The third-order valence-corrected chi connectivity index (χ3v) is 18.4. The van der Waals surface area contributed by atoms with Gasteiger partial charge in [0.15, 0.2) is 5.78 Å². The molecule has 1 aliphatic carbocycles. The molecule has 107 heavy (non-hydrogen) atoms. The fraction of sp³-hybridized carbons (Fsp3) is 0.333. The summed E-state index contributed by atoms with van der Waals surface area (Å²) in [6.45, 7) is 22.6. The Morgan fingerprint density at radius 2 is 0.822 bits per heavy atom. The van der Waals surface area contributed by atoms with Crippen LogP contribution in [-0.4, -0.2) is 54.7 Å². The van der Waals surface area contributed by atoms with E-state index in [9.17, 15) is 47.9 Å². The first kappa shape index (κ1) is 81.6. The minimum atomic E-state index is -0.632. The molecular weight excluding hydrogens is 1380 g/mol. The van der Waals surface area contributed by atoms with Gasteiger partial charge in [-0.2, -0.15) is 0 Å². The van der Waals surface area contributed by atoms with Gasteiger partial charge in [-0.3, -0.25) is 14.4 Å². The predicted molar refractivity (Wildman–Crippen MR) is 422 cm³/mol. The van der Waals surface area contributed by atoms with Crippen LogP contribution in [0.25, 0.3) is 65.8 Å². The van der Waals surface area contributed by atoms with Crippen molar-refractivity contribution in [1.29, 1.82) is 0 Å². The summed E-state index contributed by atoms with van der Waals surface area (Å²) in [6, 6.07) is 42.8. The van der Waals surface area contributed by atoms with E-state index in [0.29, 0.717) is 57.5 Å². The highest BCUT2D eigenvalue weighted by Crippen LogP contribution is 2.28. The van der Waals surface area contributed by atoms with Gasteiger partial charge in [0.2, 0.25) is 0 Å². The highest BCUT2D eigenvalue weighted by Gasteiger charge is 2.25. The smallest absolute Gasteiger partial charge is 0.351 e. The molecule has 13 rings (SSSR count). The van der Waals surface area contributed by atoms with Crippen LogP contribution in [0.4, 0.5) is 0 Å². The molecule has 6 aromatic carbocycles. The zero-order valence-electron chi connectivity index (χ0n) is 62.9. The number of halogens is 1. The number of nitrogens with zero attached hydrogens (tertiary/aromatic N) is 1. The second-order valence-electron chi connectivity index (χ2n) is 27.4. The normalized spacial score (nSPS) is 13.0. The molecule has 1 aliphatic rings. The second-order valence-corrected chi connectivity index (χ2v) is 27.8. The van der Waals surface area contributed by atoms with Crippen LogP contribution in [0, 0.1) is 54.4 Å². The molecule has 2 amide bonds. The van der Waals surface area contributed by atoms with E-state index in [1.54, 1.807) is 66.5 Å². The predicted octanol–water partition coefficient (Wildman–Crippen LogP) is 18.9. The SMILES string of the molecule is CC(=O)c1cc2ccc(C)cc2oc1=O.CCCCCCCCNC(=O)c1cc2ccc(C)cc2oc1=O.CCCCCN(C)C(=O)c1cc2ccc(C)cc2oc1=O.Cc1ccc2c(C)cc(=O)oc2c1.Cc1ccc2c(Cl)cc(=O)oc2c1.Cc1ccc2cc(C(=O)OC3CCC(C)CC3)c(=O)oc2c1. The number of aryl methyl sites for hydroxylation is 7. The van der Waals surface area contributed by atoms with E-state index in [0.717, 1.165) is 129 Å². The maximum atomic E-state index is 12.3. The van der Waals surface area contributed by atoms with Crippen molar-refractivity contribution >= 4 is 101 Å². The molecule has 19 nitrogen and oxygen atoms in total. The lowest BCUT2D eigenvalue weighted by atomic mass is 9.89. The van der Waals surface area contributed by atoms with E-state index in [-0.39, 0.29) is 51.6 Å². The average molecular weight is 1470 g/mol. The maximum absolute atomic E-state index is 12.3. The summed E-state index contributed by atoms with van der Waals surface area (Å²) >= 11 is 5.85. The zero-order valence-corrected chi connectivity index (χ0v) is 63.6. The Morgan fingerprint density at radius 1 is 0.439 bits per heavy atom. The van der Waals surface area contributed by atoms with Crippen molar-refractivity contribution in [2.75, 3.05) is 20.1 Å². The molecule has 20 heteroatoms. The topological polar surface area (TPSA) is 274 Å². The summed E-state index contributed by atoms with van der Waals surface area (Å²) in [4.78, 5) is 119. The number of benzene rings is 6. The highest BCUT2D eigenvalue weighted by atomic mass is 35.5. The number of carbonyl (C=O) groups excluding carboxylic acids is 4. The number of esters is 1. The van der Waals surface area contributed by atoms with Gasteiger partial charge < -0.3 is 41.5 Å². The third kappa shape index (κ3) is 23.5. The number of ether oxygens (including phenoxy) is 1. The van der Waals surface area contributed by atoms with E-state index in [2.05, 4.69) is 26.1 Å². The standard InChI is InChI=1S/C19H25NO3.C18H20O4.C17H21NO3.C12H10O3.C11H10O2.C10H7ClO2/c1-3-4-5-6-7-8-11-20-18(21)16-13-15-10-9-14(2)12-17(15)23-19(16)22;1-11-4-7-14(8-5-11)21-17(19)15-10-13-6-3-12(2)9-16(13)22-18(15)20;1-4-5-6-9-18(3)16(19)14-11-13-8-7-12(2)10-15(13)21-17(14)20;1-7-3-4-9-6-10(8(2)13)12(14)15-11(9)5-7;1-7-3-4-9-8(2)6-11(12)13-10(9)5-7;1-6-2-3-7-8(11)5-10(12)13-9(7)4-6/h9-10,12-13H,3-8,11H2,1-2H3,(H,20,21);3,6,9-11,14H,4-5,7-8H2,1-2H3;7-8,10-11H,4-6,9H2,1-3H3;3-6H,1-2H3;3-6H,1-2H3;2-5H,1H3. The van der Waals surface area contributed by atoms with Crippen molar-refractivity contribution in [3.8, 4) is 0 Å². The molecule has 0 spiro atoms. The van der Waals surface area contributed by atoms with Crippen LogP contribution in [-0.2, 0) is 4.74 Å². The first-order chi connectivity index (χ1) is 51.1. The van der Waals surface area contributed by atoms with Crippen molar-refractivity contribution in [3.63, 3.8) is 0 Å². The molecular formula is C87H93ClN2O17. The fourth-order valence-corrected chi connectivity index (χ4v) is 12.1. The van der Waals surface area contributed by atoms with Crippen molar-refractivity contribution in [2.45, 2.75) is 166 Å². The molecule has 6 heterocycles. The van der Waals surface area contributed by atoms with Gasteiger partial charge in [0.1, 0.15) is 61.9 Å².